The molecule has 1 atom stereocenters. The van der Waals surface area contributed by atoms with Gasteiger partial charge in [0.25, 0.3) is 5.19 Å². The summed E-state index contributed by atoms with van der Waals surface area (Å²) in [7, 11) is 0. The molecule has 0 spiro atoms. The molecule has 0 bridgehead atoms. The molecule has 1 unspecified atom stereocenters. The van der Waals surface area contributed by atoms with E-state index in [0.717, 1.165) is 18.6 Å². The number of hydrogen-bond donors (Lipinski definition) is 0. The molecular formula is C14H11F4NO3S. The molecule has 9 heteroatoms. The summed E-state index contributed by atoms with van der Waals surface area (Å²) in [5.74, 6) is -1.99. The highest BCUT2D eigenvalue weighted by Crippen LogP contribution is 2.33. The van der Waals surface area contributed by atoms with Gasteiger partial charge in [-0.15, -0.1) is 13.2 Å². The van der Waals surface area contributed by atoms with Gasteiger partial charge in [-0.2, -0.15) is 0 Å². The van der Waals surface area contributed by atoms with E-state index in [0.29, 0.717) is 29.7 Å². The maximum Gasteiger partial charge on any atom is 0.573 e. The summed E-state index contributed by atoms with van der Waals surface area (Å²) in [5, 5.41) is 2.01. The predicted octanol–water partition coefficient (Wildman–Crippen LogP) is 4.02. The number of rotatable bonds is 4. The fourth-order valence-corrected chi connectivity index (χ4v) is 2.80. The molecule has 23 heavy (non-hydrogen) atoms. The molecule has 1 fully saturated rings. The Morgan fingerprint density at radius 3 is 2.83 bits per heavy atom. The molecule has 124 valence electrons. The van der Waals surface area contributed by atoms with E-state index in [-0.39, 0.29) is 6.10 Å². The quantitative estimate of drug-likeness (QED) is 0.782. The summed E-state index contributed by atoms with van der Waals surface area (Å²) in [6.45, 7) is 1.11. The number of alkyl halides is 3. The SMILES string of the molecule is Fc1ccc(-c2csc(OC3CCOC3)n2)cc1OC(F)(F)F. The van der Waals surface area contributed by atoms with E-state index < -0.39 is 17.9 Å². The zero-order chi connectivity index (χ0) is 16.4. The molecular weight excluding hydrogens is 338 g/mol. The molecule has 2 heterocycles. The van der Waals surface area contributed by atoms with Crippen molar-refractivity contribution >= 4 is 11.3 Å². The van der Waals surface area contributed by atoms with Gasteiger partial charge in [-0.1, -0.05) is 11.3 Å². The monoisotopic (exact) mass is 349 g/mol. The highest BCUT2D eigenvalue weighted by molar-refractivity contribution is 7.11. The van der Waals surface area contributed by atoms with Crippen LogP contribution in [-0.2, 0) is 4.74 Å². The van der Waals surface area contributed by atoms with Crippen LogP contribution < -0.4 is 9.47 Å². The molecule has 0 aliphatic carbocycles. The molecule has 2 aromatic rings. The van der Waals surface area contributed by atoms with Crippen molar-refractivity contribution < 1.29 is 31.8 Å². The third-order valence-corrected chi connectivity index (χ3v) is 3.82. The minimum atomic E-state index is -4.96. The lowest BCUT2D eigenvalue weighted by molar-refractivity contribution is -0.275. The first-order valence-electron chi connectivity index (χ1n) is 6.66. The summed E-state index contributed by atoms with van der Waals surface area (Å²) in [6, 6.07) is 3.19. The molecule has 1 saturated heterocycles. The number of thiazole rings is 1. The smallest absolute Gasteiger partial charge is 0.464 e. The van der Waals surface area contributed by atoms with Crippen molar-refractivity contribution in [2.24, 2.45) is 0 Å². The molecule has 1 aliphatic rings. The first kappa shape index (κ1) is 16.0. The van der Waals surface area contributed by atoms with Crippen LogP contribution in [0.15, 0.2) is 23.6 Å². The Labute approximate surface area is 132 Å². The number of halogens is 4. The van der Waals surface area contributed by atoms with E-state index in [1.54, 1.807) is 5.38 Å². The Hall–Kier alpha value is -1.87. The lowest BCUT2D eigenvalue weighted by atomic mass is 10.1. The number of aromatic nitrogens is 1. The van der Waals surface area contributed by atoms with E-state index in [9.17, 15) is 17.6 Å². The van der Waals surface area contributed by atoms with Gasteiger partial charge in [-0.05, 0) is 18.2 Å². The van der Waals surface area contributed by atoms with Crippen molar-refractivity contribution in [1.29, 1.82) is 0 Å². The minimum absolute atomic E-state index is 0.0775. The normalized spacial score (nSPS) is 18.2. The van der Waals surface area contributed by atoms with Crippen LogP contribution in [-0.4, -0.2) is 30.7 Å². The number of ether oxygens (including phenoxy) is 3. The van der Waals surface area contributed by atoms with Crippen molar-refractivity contribution in [3.63, 3.8) is 0 Å². The largest absolute Gasteiger partial charge is 0.573 e. The molecule has 4 nitrogen and oxygen atoms in total. The minimum Gasteiger partial charge on any atom is -0.464 e. The summed E-state index contributed by atoms with van der Waals surface area (Å²) >= 11 is 1.21. The summed E-state index contributed by atoms with van der Waals surface area (Å²) in [5.41, 5.74) is 0.690. The second-order valence-corrected chi connectivity index (χ2v) is 5.62. The average Bonchev–Trinajstić information content (AvgIpc) is 3.12. The molecule has 0 N–H and O–H groups in total. The fourth-order valence-electron chi connectivity index (χ4n) is 2.06. The Balaban J connectivity index is 1.78. The fraction of sp³-hybridized carbons (Fsp3) is 0.357. The number of nitrogens with zero attached hydrogens (tertiary/aromatic N) is 1. The Bertz CT molecular complexity index is 683. The van der Waals surface area contributed by atoms with Crippen LogP contribution >= 0.6 is 11.3 Å². The van der Waals surface area contributed by atoms with Crippen molar-refractivity contribution in [3.8, 4) is 22.2 Å². The maximum atomic E-state index is 13.4. The number of benzene rings is 1. The van der Waals surface area contributed by atoms with Crippen molar-refractivity contribution in [3.05, 3.63) is 29.4 Å². The van der Waals surface area contributed by atoms with Gasteiger partial charge in [0, 0.05) is 17.4 Å². The highest BCUT2D eigenvalue weighted by atomic mass is 32.1. The summed E-state index contributed by atoms with van der Waals surface area (Å²) in [6.07, 6.45) is -4.28. The molecule has 1 aromatic carbocycles. The zero-order valence-corrected chi connectivity index (χ0v) is 12.4. The van der Waals surface area contributed by atoms with Gasteiger partial charge in [-0.3, -0.25) is 0 Å². The summed E-state index contributed by atoms with van der Waals surface area (Å²) < 4.78 is 64.6. The van der Waals surface area contributed by atoms with Gasteiger partial charge >= 0.3 is 6.36 Å². The van der Waals surface area contributed by atoms with Crippen molar-refractivity contribution in [2.45, 2.75) is 18.9 Å². The van der Waals surface area contributed by atoms with Gasteiger partial charge in [0.1, 0.15) is 6.10 Å². The van der Waals surface area contributed by atoms with E-state index in [2.05, 4.69) is 9.72 Å². The number of hydrogen-bond acceptors (Lipinski definition) is 5. The molecule has 1 aliphatic heterocycles. The molecule has 3 rings (SSSR count). The highest BCUT2D eigenvalue weighted by Gasteiger charge is 2.32. The first-order chi connectivity index (χ1) is 10.9. The summed E-state index contributed by atoms with van der Waals surface area (Å²) in [4.78, 5) is 4.19. The van der Waals surface area contributed by atoms with Gasteiger partial charge in [0.2, 0.25) is 0 Å². The molecule has 0 amide bonds. The Morgan fingerprint density at radius 1 is 1.30 bits per heavy atom. The lowest BCUT2D eigenvalue weighted by Crippen LogP contribution is -2.18. The van der Waals surface area contributed by atoms with E-state index in [1.807, 2.05) is 0 Å². The lowest BCUT2D eigenvalue weighted by Gasteiger charge is -2.10. The van der Waals surface area contributed by atoms with Gasteiger partial charge in [0.05, 0.1) is 18.9 Å². The van der Waals surface area contributed by atoms with E-state index in [1.165, 1.54) is 17.4 Å². The van der Waals surface area contributed by atoms with Gasteiger partial charge in [-0.25, -0.2) is 9.37 Å². The van der Waals surface area contributed by atoms with Crippen LogP contribution in [0.5, 0.6) is 10.9 Å². The van der Waals surface area contributed by atoms with Crippen molar-refractivity contribution in [2.75, 3.05) is 13.2 Å². The van der Waals surface area contributed by atoms with E-state index >= 15 is 0 Å². The van der Waals surface area contributed by atoms with Crippen LogP contribution in [0.25, 0.3) is 11.3 Å². The second kappa shape index (κ2) is 6.32. The van der Waals surface area contributed by atoms with Gasteiger partial charge < -0.3 is 14.2 Å². The predicted molar refractivity (Wildman–Crippen MR) is 74.0 cm³/mol. The average molecular weight is 349 g/mol. The standard InChI is InChI=1S/C14H11F4NO3S/c15-10-2-1-8(5-12(10)22-14(16,17)18)11-7-23-13(19-11)21-9-3-4-20-6-9/h1-2,5,7,9H,3-4,6H2. The van der Waals surface area contributed by atoms with Crippen LogP contribution in [0.2, 0.25) is 0 Å². The molecule has 0 radical (unpaired) electrons. The maximum absolute atomic E-state index is 13.4. The van der Waals surface area contributed by atoms with Crippen LogP contribution in [0.4, 0.5) is 17.6 Å². The van der Waals surface area contributed by atoms with Crippen LogP contribution in [0.1, 0.15) is 6.42 Å². The topological polar surface area (TPSA) is 40.6 Å². The Morgan fingerprint density at radius 2 is 2.13 bits per heavy atom. The third-order valence-electron chi connectivity index (χ3n) is 3.09. The first-order valence-corrected chi connectivity index (χ1v) is 7.54. The van der Waals surface area contributed by atoms with E-state index in [4.69, 9.17) is 9.47 Å². The van der Waals surface area contributed by atoms with Crippen LogP contribution in [0, 0.1) is 5.82 Å². The molecule has 1 aromatic heterocycles. The Kier molecular flexibility index (Phi) is 4.40. The third kappa shape index (κ3) is 4.11. The molecule has 0 saturated carbocycles. The van der Waals surface area contributed by atoms with Crippen LogP contribution in [0.3, 0.4) is 0 Å². The zero-order valence-electron chi connectivity index (χ0n) is 11.6. The van der Waals surface area contributed by atoms with Crippen molar-refractivity contribution in [1.82, 2.24) is 4.98 Å². The second-order valence-electron chi connectivity index (χ2n) is 4.80. The van der Waals surface area contributed by atoms with Gasteiger partial charge in [0.15, 0.2) is 11.6 Å².